The van der Waals surface area contributed by atoms with Crippen molar-refractivity contribution in [3.05, 3.63) is 29.3 Å². The zero-order valence-corrected chi connectivity index (χ0v) is 19.9. The predicted octanol–water partition coefficient (Wildman–Crippen LogP) is 1.31. The third-order valence-corrected chi connectivity index (χ3v) is 8.88. The molecule has 0 spiro atoms. The number of hydrogen-bond donors (Lipinski definition) is 1. The van der Waals surface area contributed by atoms with Gasteiger partial charge in [-0.2, -0.15) is 5.26 Å². The summed E-state index contributed by atoms with van der Waals surface area (Å²) in [5, 5.41) is 9.43. The molecule has 1 N–H and O–H groups in total. The molecule has 1 aromatic rings. The van der Waals surface area contributed by atoms with E-state index in [-0.39, 0.29) is 47.9 Å². The van der Waals surface area contributed by atoms with Gasteiger partial charge in [-0.3, -0.25) is 18.7 Å². The van der Waals surface area contributed by atoms with Crippen molar-refractivity contribution in [2.45, 2.75) is 69.2 Å². The zero-order valence-electron chi connectivity index (χ0n) is 19.1. The quantitative estimate of drug-likeness (QED) is 0.611. The lowest BCUT2D eigenvalue weighted by Gasteiger charge is -2.39. The lowest BCUT2D eigenvalue weighted by molar-refractivity contribution is -0.142. The summed E-state index contributed by atoms with van der Waals surface area (Å²) in [6.45, 7) is 3.24. The average Bonchev–Trinajstić information content (AvgIpc) is 3.14. The summed E-state index contributed by atoms with van der Waals surface area (Å²) in [4.78, 5) is 32.6. The summed E-state index contributed by atoms with van der Waals surface area (Å²) in [6.07, 6.45) is 4.27. The third-order valence-electron chi connectivity index (χ3n) is 8.48. The van der Waals surface area contributed by atoms with Gasteiger partial charge in [0.25, 0.3) is 0 Å². The molecule has 1 saturated carbocycles. The Morgan fingerprint density at radius 3 is 2.88 bits per heavy atom. The monoisotopic (exact) mass is 482 g/mol. The number of piperidine rings is 1. The minimum absolute atomic E-state index is 0.0262. The van der Waals surface area contributed by atoms with E-state index in [1.165, 1.54) is 0 Å². The average molecular weight is 483 g/mol. The highest BCUT2D eigenvalue weighted by Crippen LogP contribution is 2.48. The van der Waals surface area contributed by atoms with Crippen molar-refractivity contribution < 1.29 is 18.4 Å². The Bertz CT molecular complexity index is 1120. The molecule has 180 valence electrons. The molecular weight excluding hydrogens is 454 g/mol. The van der Waals surface area contributed by atoms with Crippen LogP contribution in [0.5, 0.6) is 0 Å². The molecule has 2 aliphatic carbocycles. The Hall–Kier alpha value is -2.48. The van der Waals surface area contributed by atoms with Crippen LogP contribution in [0.15, 0.2) is 18.2 Å². The van der Waals surface area contributed by atoms with Crippen molar-refractivity contribution in [3.8, 4) is 6.07 Å². The van der Waals surface area contributed by atoms with Crippen LogP contribution in [0.1, 0.15) is 49.8 Å². The largest absolute Gasteiger partial charge is 0.755 e. The molecule has 4 fully saturated rings. The van der Waals surface area contributed by atoms with Gasteiger partial charge < -0.3 is 19.1 Å². The summed E-state index contributed by atoms with van der Waals surface area (Å²) >= 11 is -2.36. The first-order valence-electron chi connectivity index (χ1n) is 12.1. The summed E-state index contributed by atoms with van der Waals surface area (Å²) in [7, 11) is 0. The summed E-state index contributed by atoms with van der Waals surface area (Å²) in [5.74, 6) is 0.453. The fraction of sp³-hybridized carbons (Fsp3) is 0.625. The summed E-state index contributed by atoms with van der Waals surface area (Å²) in [6, 6.07) is 7.77. The molecule has 34 heavy (non-hydrogen) atoms. The molecule has 2 unspecified atom stereocenters. The first-order chi connectivity index (χ1) is 16.4. The maximum atomic E-state index is 13.4. The van der Waals surface area contributed by atoms with E-state index in [9.17, 15) is 23.6 Å². The van der Waals surface area contributed by atoms with Crippen molar-refractivity contribution in [2.75, 3.05) is 17.8 Å². The maximum absolute atomic E-state index is 13.4. The molecule has 2 amide bonds. The molecule has 5 aliphatic rings. The Balaban J connectivity index is 1.11. The maximum Gasteiger partial charge on any atom is 0.240 e. The Kier molecular flexibility index (Phi) is 5.20. The van der Waals surface area contributed by atoms with Gasteiger partial charge in [-0.25, -0.2) is 0 Å². The van der Waals surface area contributed by atoms with Crippen molar-refractivity contribution in [2.24, 2.45) is 11.8 Å². The smallest absolute Gasteiger partial charge is 0.240 e. The van der Waals surface area contributed by atoms with Crippen molar-refractivity contribution in [1.29, 1.82) is 5.26 Å². The normalized spacial score (nSPS) is 35.1. The van der Waals surface area contributed by atoms with Crippen LogP contribution in [0.2, 0.25) is 0 Å². The number of aryl methyl sites for hydroxylation is 1. The minimum Gasteiger partial charge on any atom is -0.755 e. The number of rotatable bonds is 6. The van der Waals surface area contributed by atoms with Gasteiger partial charge in [0.05, 0.1) is 18.2 Å². The Morgan fingerprint density at radius 2 is 2.15 bits per heavy atom. The topological polar surface area (TPSA) is 120 Å². The number of nitrogens with one attached hydrogen (secondary N) is 1. The molecule has 10 heteroatoms. The highest BCUT2D eigenvalue weighted by molar-refractivity contribution is 7.80. The van der Waals surface area contributed by atoms with Gasteiger partial charge in [0, 0.05) is 48.0 Å². The number of likely N-dealkylation sites (tertiary alicyclic amines) is 3. The van der Waals surface area contributed by atoms with E-state index in [1.54, 1.807) is 6.07 Å². The number of anilines is 1. The van der Waals surface area contributed by atoms with Crippen molar-refractivity contribution in [1.82, 2.24) is 14.7 Å². The zero-order chi connectivity index (χ0) is 23.7. The number of hydrogen-bond acceptors (Lipinski definition) is 6. The van der Waals surface area contributed by atoms with Crippen LogP contribution in [0.25, 0.3) is 0 Å². The highest BCUT2D eigenvalue weighted by Gasteiger charge is 2.56. The van der Waals surface area contributed by atoms with Crippen LogP contribution < -0.4 is 4.72 Å². The second-order valence-electron chi connectivity index (χ2n) is 10.5. The van der Waals surface area contributed by atoms with Crippen LogP contribution in [-0.4, -0.2) is 72.5 Å². The molecule has 9 nitrogen and oxygen atoms in total. The number of benzene rings is 1. The predicted molar refractivity (Wildman–Crippen MR) is 123 cm³/mol. The first-order valence-corrected chi connectivity index (χ1v) is 13.2. The van der Waals surface area contributed by atoms with E-state index in [4.69, 9.17) is 0 Å². The lowest BCUT2D eigenvalue weighted by atomic mass is 10.0. The molecule has 0 radical (unpaired) electrons. The molecule has 3 heterocycles. The fourth-order valence-electron chi connectivity index (χ4n) is 6.92. The number of carbonyl (C=O) groups is 2. The molecule has 3 saturated heterocycles. The molecule has 1 aromatic carbocycles. The van der Waals surface area contributed by atoms with E-state index in [1.807, 2.05) is 28.9 Å². The van der Waals surface area contributed by atoms with Crippen LogP contribution in [0.4, 0.5) is 5.69 Å². The van der Waals surface area contributed by atoms with Crippen LogP contribution in [0, 0.1) is 23.2 Å². The van der Waals surface area contributed by atoms with Crippen LogP contribution in [-0.2, 0) is 27.3 Å². The van der Waals surface area contributed by atoms with Crippen LogP contribution >= 0.6 is 0 Å². The van der Waals surface area contributed by atoms with Gasteiger partial charge in [-0.15, -0.1) is 0 Å². The Labute approximate surface area is 201 Å². The van der Waals surface area contributed by atoms with Crippen molar-refractivity contribution >= 4 is 28.8 Å². The SMILES string of the molecule is C[C@@H](CN1C[C@@H]2C[C@H]1C(=O)N2[C@@H]1CCc2cc(NS(=O)[O-])ccc21)C(=O)N1C2C[C@H]2C[C@H]1C#N. The van der Waals surface area contributed by atoms with Gasteiger partial charge in [-0.1, -0.05) is 13.0 Å². The van der Waals surface area contributed by atoms with Gasteiger partial charge in [-0.05, 0) is 61.3 Å². The number of nitrogens with zero attached hydrogens (tertiary/aromatic N) is 4. The van der Waals surface area contributed by atoms with Gasteiger partial charge in [0.1, 0.15) is 6.04 Å². The number of carbonyl (C=O) groups excluding carboxylic acids is 2. The van der Waals surface area contributed by atoms with E-state index in [2.05, 4.69) is 15.7 Å². The highest BCUT2D eigenvalue weighted by atomic mass is 32.2. The summed E-state index contributed by atoms with van der Waals surface area (Å²) in [5.41, 5.74) is 2.73. The van der Waals surface area contributed by atoms with Crippen molar-refractivity contribution in [3.63, 3.8) is 0 Å². The third kappa shape index (κ3) is 3.44. The van der Waals surface area contributed by atoms with Gasteiger partial charge in [0.15, 0.2) is 0 Å². The molecule has 3 aliphatic heterocycles. The van der Waals surface area contributed by atoms with E-state index in [0.717, 1.165) is 49.8 Å². The van der Waals surface area contributed by atoms with E-state index in [0.29, 0.717) is 18.2 Å². The molecule has 8 atom stereocenters. The van der Waals surface area contributed by atoms with Gasteiger partial charge >= 0.3 is 0 Å². The second-order valence-corrected chi connectivity index (χ2v) is 11.2. The standard InChI is InChI=1S/C24H29N5O4S/c1-13(23(30)28-17(10-25)7-15-8-21(15)28)11-27-12-18-9-22(27)24(31)29(18)20-5-2-14-6-16(26-34(32)33)3-4-19(14)20/h3-4,6,13,15,17-18,20-22,26H,2,5,7-9,11-12H2,1H3,(H,32,33)/p-1/t13-,15+,17-,18-,20+,21?,22-/m0/s1. The molecule has 2 bridgehead atoms. The minimum atomic E-state index is -2.36. The second kappa shape index (κ2) is 8.04. The van der Waals surface area contributed by atoms with E-state index < -0.39 is 11.3 Å². The van der Waals surface area contributed by atoms with E-state index >= 15 is 0 Å². The molecular formula is C24H28N5O4S-. The summed E-state index contributed by atoms with van der Waals surface area (Å²) < 4.78 is 24.3. The number of piperazine rings is 1. The molecule has 6 rings (SSSR count). The first kappa shape index (κ1) is 22.0. The van der Waals surface area contributed by atoms with Gasteiger partial charge in [0.2, 0.25) is 11.8 Å². The molecule has 0 aromatic heterocycles. The van der Waals surface area contributed by atoms with Crippen LogP contribution in [0.3, 0.4) is 0 Å². The number of nitriles is 1. The Morgan fingerprint density at radius 1 is 1.32 bits per heavy atom. The fourth-order valence-corrected chi connectivity index (χ4v) is 7.24. The number of amides is 2. The number of fused-ring (bicyclic) bond motifs is 4. The lowest BCUT2D eigenvalue weighted by Crippen LogP contribution is -2.53.